The van der Waals surface area contributed by atoms with Gasteiger partial charge < -0.3 is 9.47 Å². The van der Waals surface area contributed by atoms with E-state index in [0.717, 1.165) is 16.9 Å². The van der Waals surface area contributed by atoms with Crippen LogP contribution in [0, 0.1) is 0 Å². The molecule has 2 aromatic heterocycles. The number of halogens is 2. The van der Waals surface area contributed by atoms with E-state index in [0.29, 0.717) is 34.8 Å². The predicted octanol–water partition coefficient (Wildman–Crippen LogP) is 8.20. The molecule has 2 heterocycles. The molecule has 0 aliphatic rings. The first-order valence-corrected chi connectivity index (χ1v) is 13.9. The van der Waals surface area contributed by atoms with Crippen molar-refractivity contribution in [2.75, 3.05) is 10.6 Å². The average Bonchev–Trinajstić information content (AvgIpc) is 3.57. The van der Waals surface area contributed by atoms with Gasteiger partial charge in [-0.1, -0.05) is 36.4 Å². The molecular formula is C31H28F2N4O4S. The van der Waals surface area contributed by atoms with E-state index in [1.807, 2.05) is 36.4 Å². The molecule has 216 valence electrons. The number of benzene rings is 3. The largest absolute Gasteiger partial charge is 0.489 e. The van der Waals surface area contributed by atoms with Crippen LogP contribution in [0.3, 0.4) is 0 Å². The van der Waals surface area contributed by atoms with E-state index < -0.39 is 24.0 Å². The molecule has 0 bridgehead atoms. The minimum Gasteiger partial charge on any atom is -0.489 e. The van der Waals surface area contributed by atoms with Gasteiger partial charge in [0.1, 0.15) is 18.0 Å². The van der Waals surface area contributed by atoms with Gasteiger partial charge in [-0.05, 0) is 68.8 Å². The van der Waals surface area contributed by atoms with Gasteiger partial charge in [-0.25, -0.2) is 18.6 Å². The quantitative estimate of drug-likeness (QED) is 0.190. The number of aromatic nitrogens is 2. The third-order valence-corrected chi connectivity index (χ3v) is 7.01. The first-order chi connectivity index (χ1) is 20.1. The van der Waals surface area contributed by atoms with Crippen LogP contribution in [0.25, 0.3) is 16.7 Å². The second kappa shape index (κ2) is 12.0. The van der Waals surface area contributed by atoms with E-state index in [2.05, 4.69) is 15.6 Å². The summed E-state index contributed by atoms with van der Waals surface area (Å²) in [6.07, 6.45) is -3.29. The van der Waals surface area contributed by atoms with Crippen molar-refractivity contribution in [3.05, 3.63) is 100 Å². The van der Waals surface area contributed by atoms with Crippen molar-refractivity contribution in [3.63, 3.8) is 0 Å². The first kappa shape index (κ1) is 28.7. The van der Waals surface area contributed by atoms with Crippen LogP contribution in [0.2, 0.25) is 0 Å². The molecule has 11 heteroatoms. The predicted molar refractivity (Wildman–Crippen MR) is 159 cm³/mol. The van der Waals surface area contributed by atoms with Crippen LogP contribution in [0.1, 0.15) is 47.3 Å². The van der Waals surface area contributed by atoms with E-state index in [-0.39, 0.29) is 15.7 Å². The maximum atomic E-state index is 13.1. The highest BCUT2D eigenvalue weighted by molar-refractivity contribution is 7.14. The second-order valence-corrected chi connectivity index (χ2v) is 11.4. The van der Waals surface area contributed by atoms with Crippen molar-refractivity contribution in [1.82, 2.24) is 9.55 Å². The van der Waals surface area contributed by atoms with Crippen molar-refractivity contribution in [3.8, 4) is 11.4 Å². The Hall–Kier alpha value is -4.77. The lowest BCUT2D eigenvalue weighted by Gasteiger charge is -2.20. The topological polar surface area (TPSA) is 94.5 Å². The van der Waals surface area contributed by atoms with Crippen LogP contribution in [-0.2, 0) is 11.3 Å². The molecule has 0 saturated carbocycles. The maximum Gasteiger partial charge on any atom is 0.412 e. The number of nitrogens with zero attached hydrogens (tertiary/aromatic N) is 2. The summed E-state index contributed by atoms with van der Waals surface area (Å²) in [5, 5.41) is 5.48. The lowest BCUT2D eigenvalue weighted by molar-refractivity contribution is 0.0635. The highest BCUT2D eigenvalue weighted by Crippen LogP contribution is 2.31. The van der Waals surface area contributed by atoms with Gasteiger partial charge in [0.05, 0.1) is 26.5 Å². The number of hydrogen-bond acceptors (Lipinski definition) is 6. The molecule has 42 heavy (non-hydrogen) atoms. The van der Waals surface area contributed by atoms with Crippen molar-refractivity contribution in [1.29, 1.82) is 0 Å². The number of ether oxygens (including phenoxy) is 2. The molecular weight excluding hydrogens is 562 g/mol. The summed E-state index contributed by atoms with van der Waals surface area (Å²) in [7, 11) is 0. The Morgan fingerprint density at radius 3 is 2.45 bits per heavy atom. The van der Waals surface area contributed by atoms with E-state index in [1.165, 1.54) is 12.1 Å². The van der Waals surface area contributed by atoms with Crippen LogP contribution in [-0.4, -0.2) is 27.2 Å². The highest BCUT2D eigenvalue weighted by atomic mass is 32.1. The number of anilines is 2. The first-order valence-electron chi connectivity index (χ1n) is 13.0. The Balaban J connectivity index is 1.49. The van der Waals surface area contributed by atoms with Crippen LogP contribution in [0.5, 0.6) is 5.75 Å². The SMILES string of the molecule is CC(C)(C)OC(=O)Nc1cccc(-n2c(NC(=O)c3ccc(C(F)F)s3)nc3cc(OCc4ccccc4)ccc32)c1. The number of carbonyl (C=O) groups excluding carboxylic acids is 2. The Morgan fingerprint density at radius 2 is 1.74 bits per heavy atom. The van der Waals surface area contributed by atoms with Crippen molar-refractivity contribution < 1.29 is 27.8 Å². The summed E-state index contributed by atoms with van der Waals surface area (Å²) in [5.74, 6) is 0.165. The van der Waals surface area contributed by atoms with E-state index in [4.69, 9.17) is 9.47 Å². The lowest BCUT2D eigenvalue weighted by Crippen LogP contribution is -2.27. The van der Waals surface area contributed by atoms with E-state index in [1.54, 1.807) is 61.7 Å². The van der Waals surface area contributed by atoms with Gasteiger partial charge in [-0.2, -0.15) is 0 Å². The third-order valence-electron chi connectivity index (χ3n) is 5.91. The molecule has 2 amide bonds. The Bertz CT molecular complexity index is 1730. The molecule has 0 saturated heterocycles. The minimum absolute atomic E-state index is 0.121. The number of hydrogen-bond donors (Lipinski definition) is 2. The summed E-state index contributed by atoms with van der Waals surface area (Å²) >= 11 is 0.717. The van der Waals surface area contributed by atoms with Gasteiger partial charge in [0.25, 0.3) is 12.3 Å². The third kappa shape index (κ3) is 6.92. The van der Waals surface area contributed by atoms with E-state index >= 15 is 0 Å². The van der Waals surface area contributed by atoms with Gasteiger partial charge in [0.2, 0.25) is 5.95 Å². The average molecular weight is 591 g/mol. The molecule has 2 N–H and O–H groups in total. The normalized spacial score (nSPS) is 11.5. The molecule has 0 atom stereocenters. The number of imidazole rings is 1. The molecule has 8 nitrogen and oxygen atoms in total. The van der Waals surface area contributed by atoms with E-state index in [9.17, 15) is 18.4 Å². The fraction of sp³-hybridized carbons (Fsp3) is 0.194. The number of alkyl halides is 2. The summed E-state index contributed by atoms with van der Waals surface area (Å²) in [6.45, 7) is 5.67. The van der Waals surface area contributed by atoms with Gasteiger partial charge in [-0.15, -0.1) is 11.3 Å². The van der Waals surface area contributed by atoms with Crippen LogP contribution < -0.4 is 15.4 Å². The Labute approximate surface area is 244 Å². The number of fused-ring (bicyclic) bond motifs is 1. The van der Waals surface area contributed by atoms with Gasteiger partial charge in [0.15, 0.2) is 0 Å². The molecule has 3 aromatic carbocycles. The molecule has 0 radical (unpaired) electrons. The number of amides is 2. The van der Waals surface area contributed by atoms with Crippen molar-refractivity contribution in [2.45, 2.75) is 39.4 Å². The van der Waals surface area contributed by atoms with Crippen LogP contribution in [0.15, 0.2) is 84.9 Å². The molecule has 0 unspecified atom stereocenters. The molecule has 0 aliphatic heterocycles. The summed E-state index contributed by atoms with van der Waals surface area (Å²) in [6, 6.07) is 24.6. The molecule has 0 aliphatic carbocycles. The fourth-order valence-electron chi connectivity index (χ4n) is 4.14. The maximum absolute atomic E-state index is 13.1. The Morgan fingerprint density at radius 1 is 0.952 bits per heavy atom. The number of nitrogens with one attached hydrogen (secondary N) is 2. The lowest BCUT2D eigenvalue weighted by atomic mass is 10.2. The minimum atomic E-state index is -2.67. The number of thiophene rings is 1. The number of carbonyl (C=O) groups is 2. The fourth-order valence-corrected chi connectivity index (χ4v) is 4.89. The van der Waals surface area contributed by atoms with Crippen molar-refractivity contribution >= 4 is 46.0 Å². The van der Waals surface area contributed by atoms with Gasteiger partial charge in [-0.3, -0.25) is 20.0 Å². The van der Waals surface area contributed by atoms with Crippen LogP contribution >= 0.6 is 11.3 Å². The highest BCUT2D eigenvalue weighted by Gasteiger charge is 2.21. The summed E-state index contributed by atoms with van der Waals surface area (Å²) in [4.78, 5) is 30.0. The summed E-state index contributed by atoms with van der Waals surface area (Å²) in [5.41, 5.74) is 2.55. The zero-order valence-corrected chi connectivity index (χ0v) is 23.9. The van der Waals surface area contributed by atoms with Crippen molar-refractivity contribution in [2.24, 2.45) is 0 Å². The molecule has 0 fully saturated rings. The molecule has 5 rings (SSSR count). The Kier molecular flexibility index (Phi) is 8.21. The molecule has 0 spiro atoms. The van der Waals surface area contributed by atoms with Gasteiger partial charge >= 0.3 is 6.09 Å². The zero-order valence-electron chi connectivity index (χ0n) is 23.1. The summed E-state index contributed by atoms with van der Waals surface area (Å²) < 4.78 is 39.3. The van der Waals surface area contributed by atoms with Crippen LogP contribution in [0.4, 0.5) is 25.2 Å². The van der Waals surface area contributed by atoms with Gasteiger partial charge in [0, 0.05) is 11.8 Å². The second-order valence-electron chi connectivity index (χ2n) is 10.3. The number of rotatable bonds is 8. The standard InChI is InChI=1S/C31H28F2N4O4S/c1-31(2,3)41-30(39)34-20-10-7-11-21(16-20)37-24-13-12-22(40-18-19-8-5-4-6-9-19)17-23(24)35-29(37)36-28(38)26-15-14-25(42-26)27(32)33/h4-17,27H,18H2,1-3H3,(H,34,39)(H,35,36,38). The molecule has 5 aromatic rings. The zero-order chi connectivity index (χ0) is 29.9. The monoisotopic (exact) mass is 590 g/mol. The smallest absolute Gasteiger partial charge is 0.412 e.